The van der Waals surface area contributed by atoms with Gasteiger partial charge in [-0.25, -0.2) is 0 Å². The van der Waals surface area contributed by atoms with Gasteiger partial charge in [0, 0.05) is 37.2 Å². The van der Waals surface area contributed by atoms with Crippen molar-refractivity contribution in [3.63, 3.8) is 0 Å². The van der Waals surface area contributed by atoms with Gasteiger partial charge in [-0.2, -0.15) is 0 Å². The molecule has 0 saturated carbocycles. The quantitative estimate of drug-likeness (QED) is 0.0875. The molecule has 0 amide bonds. The van der Waals surface area contributed by atoms with Crippen LogP contribution in [0, 0.1) is 0 Å². The lowest BCUT2D eigenvalue weighted by Crippen LogP contribution is -2.58. The van der Waals surface area contributed by atoms with Gasteiger partial charge in [0.2, 0.25) is 0 Å². The van der Waals surface area contributed by atoms with Crippen LogP contribution in [0.5, 0.6) is 0 Å². The third-order valence-corrected chi connectivity index (χ3v) is 10.6. The Bertz CT molecular complexity index is 2160. The van der Waals surface area contributed by atoms with E-state index in [0.717, 1.165) is 27.6 Å². The van der Waals surface area contributed by atoms with E-state index in [4.69, 9.17) is 37.9 Å². The number of nitrogens with one attached hydrogen (secondary N) is 1. The average molecular weight is 806 g/mol. The first-order valence-corrected chi connectivity index (χ1v) is 20.0. The zero-order chi connectivity index (χ0) is 41.5. The van der Waals surface area contributed by atoms with E-state index >= 15 is 0 Å². The lowest BCUT2D eigenvalue weighted by molar-refractivity contribution is -0.265. The van der Waals surface area contributed by atoms with Gasteiger partial charge in [-0.1, -0.05) is 109 Å². The summed E-state index contributed by atoms with van der Waals surface area (Å²) in [6.07, 6.45) is -8.66. The van der Waals surface area contributed by atoms with Crippen molar-refractivity contribution in [3.8, 4) is 0 Å². The van der Waals surface area contributed by atoms with Crippen LogP contribution in [-0.4, -0.2) is 71.7 Å². The van der Waals surface area contributed by atoms with E-state index in [0.29, 0.717) is 17.9 Å². The molecule has 7 rings (SSSR count). The number of para-hydroxylation sites is 1. The Hall–Kier alpha value is -5.37. The van der Waals surface area contributed by atoms with Crippen LogP contribution in [0.25, 0.3) is 10.9 Å². The molecule has 12 nitrogen and oxygen atoms in total. The molecule has 10 atom stereocenters. The highest BCUT2D eigenvalue weighted by molar-refractivity contribution is 5.85. The molecule has 2 fully saturated rings. The van der Waals surface area contributed by atoms with Gasteiger partial charge in [-0.15, -0.1) is 0 Å². The monoisotopic (exact) mass is 805 g/mol. The van der Waals surface area contributed by atoms with Crippen molar-refractivity contribution < 1.29 is 52.3 Å². The summed E-state index contributed by atoms with van der Waals surface area (Å²) in [6, 6.07) is 37.4. The SMILES string of the molecule is CC(=O)OC1C(OC(C)=O)[C@@H](c2c([C@@H]3OC(C)[C@@H](OCc4ccccc4)C(OCc4ccccc4)C3OCc3ccccc3)[nH]c3ccccc23)OC(C)[C@H]1OC(C)=O. The summed E-state index contributed by atoms with van der Waals surface area (Å²) in [4.78, 5) is 41.4. The van der Waals surface area contributed by atoms with Crippen molar-refractivity contribution in [2.75, 3.05) is 0 Å². The van der Waals surface area contributed by atoms with Gasteiger partial charge in [0.1, 0.15) is 30.5 Å². The summed E-state index contributed by atoms with van der Waals surface area (Å²) in [5.74, 6) is -1.89. The Morgan fingerprint density at radius 2 is 0.915 bits per heavy atom. The fourth-order valence-electron chi connectivity index (χ4n) is 8.11. The van der Waals surface area contributed by atoms with Gasteiger partial charge in [-0.05, 0) is 36.6 Å². The number of benzene rings is 4. The molecule has 0 bridgehead atoms. The van der Waals surface area contributed by atoms with E-state index in [1.807, 2.05) is 122 Å². The summed E-state index contributed by atoms with van der Waals surface area (Å²) in [6.45, 7) is 8.28. The number of aromatic nitrogens is 1. The fraction of sp³-hybridized carbons (Fsp3) is 0.383. The molecule has 4 aromatic carbocycles. The van der Waals surface area contributed by atoms with Crippen LogP contribution in [0.15, 0.2) is 115 Å². The summed E-state index contributed by atoms with van der Waals surface area (Å²) >= 11 is 0. The number of rotatable bonds is 14. The number of H-pyrrole nitrogens is 1. The highest BCUT2D eigenvalue weighted by Gasteiger charge is 2.54. The van der Waals surface area contributed by atoms with Gasteiger partial charge >= 0.3 is 17.9 Å². The molecule has 0 spiro atoms. The number of carbonyl (C=O) groups excluding carboxylic acids is 3. The molecular formula is C47H51NO11. The number of carbonyl (C=O) groups is 3. The number of aromatic amines is 1. The van der Waals surface area contributed by atoms with E-state index in [1.165, 1.54) is 20.8 Å². The van der Waals surface area contributed by atoms with Crippen LogP contribution in [0.4, 0.5) is 0 Å². The molecule has 59 heavy (non-hydrogen) atoms. The molecule has 2 aliphatic heterocycles. The predicted molar refractivity (Wildman–Crippen MR) is 217 cm³/mol. The minimum atomic E-state index is -1.23. The van der Waals surface area contributed by atoms with Crippen molar-refractivity contribution in [2.45, 2.75) is 115 Å². The second kappa shape index (κ2) is 19.1. The smallest absolute Gasteiger partial charge is 0.303 e. The number of ether oxygens (including phenoxy) is 8. The molecule has 12 heteroatoms. The normalized spacial score (nSPS) is 26.9. The van der Waals surface area contributed by atoms with Crippen molar-refractivity contribution in [1.82, 2.24) is 4.98 Å². The molecule has 2 aliphatic rings. The van der Waals surface area contributed by atoms with Gasteiger partial charge in [0.05, 0.1) is 37.7 Å². The van der Waals surface area contributed by atoms with Crippen LogP contribution >= 0.6 is 0 Å². The molecular weight excluding hydrogens is 755 g/mol. The number of hydrogen-bond acceptors (Lipinski definition) is 11. The maximum absolute atomic E-state index is 12.9. The second-order valence-corrected chi connectivity index (χ2v) is 15.0. The molecule has 1 aromatic heterocycles. The first-order chi connectivity index (χ1) is 28.6. The molecule has 3 heterocycles. The zero-order valence-corrected chi connectivity index (χ0v) is 33.9. The largest absolute Gasteiger partial charge is 0.456 e. The van der Waals surface area contributed by atoms with Gasteiger partial charge in [-0.3, -0.25) is 14.4 Å². The van der Waals surface area contributed by atoms with Gasteiger partial charge in [0.25, 0.3) is 0 Å². The molecule has 6 unspecified atom stereocenters. The van der Waals surface area contributed by atoms with Crippen LogP contribution in [0.2, 0.25) is 0 Å². The molecule has 0 aliphatic carbocycles. The summed E-state index contributed by atoms with van der Waals surface area (Å²) in [7, 11) is 0. The van der Waals surface area contributed by atoms with Crippen LogP contribution < -0.4 is 0 Å². The molecule has 1 N–H and O–H groups in total. The fourth-order valence-corrected chi connectivity index (χ4v) is 8.11. The van der Waals surface area contributed by atoms with E-state index < -0.39 is 78.9 Å². The van der Waals surface area contributed by atoms with E-state index in [-0.39, 0.29) is 13.2 Å². The predicted octanol–water partition coefficient (Wildman–Crippen LogP) is 7.64. The molecule has 2 saturated heterocycles. The lowest BCUT2D eigenvalue weighted by Gasteiger charge is -2.47. The molecule has 5 aromatic rings. The maximum Gasteiger partial charge on any atom is 0.303 e. The Balaban J connectivity index is 1.36. The number of esters is 3. The first kappa shape index (κ1) is 41.8. The van der Waals surface area contributed by atoms with Crippen molar-refractivity contribution >= 4 is 28.8 Å². The third kappa shape index (κ3) is 9.92. The van der Waals surface area contributed by atoms with E-state index in [9.17, 15) is 14.4 Å². The number of hydrogen-bond donors (Lipinski definition) is 1. The highest BCUT2D eigenvalue weighted by atomic mass is 16.7. The zero-order valence-electron chi connectivity index (χ0n) is 33.9. The maximum atomic E-state index is 12.9. The Kier molecular flexibility index (Phi) is 13.5. The Labute approximate surface area is 344 Å². The first-order valence-electron chi connectivity index (χ1n) is 20.0. The molecule has 310 valence electrons. The average Bonchev–Trinajstić information content (AvgIpc) is 3.61. The van der Waals surface area contributed by atoms with Gasteiger partial charge in [0.15, 0.2) is 18.3 Å². The minimum Gasteiger partial charge on any atom is -0.456 e. The van der Waals surface area contributed by atoms with Crippen molar-refractivity contribution in [1.29, 1.82) is 0 Å². The van der Waals surface area contributed by atoms with Crippen molar-refractivity contribution in [2.24, 2.45) is 0 Å². The minimum absolute atomic E-state index is 0.234. The Morgan fingerprint density at radius 1 is 0.492 bits per heavy atom. The van der Waals surface area contributed by atoms with Crippen LogP contribution in [-0.2, 0) is 72.1 Å². The van der Waals surface area contributed by atoms with E-state index in [1.54, 1.807) is 6.92 Å². The summed E-state index contributed by atoms with van der Waals surface area (Å²) < 4.78 is 51.8. The lowest BCUT2D eigenvalue weighted by atomic mass is 9.86. The Morgan fingerprint density at radius 3 is 1.46 bits per heavy atom. The third-order valence-electron chi connectivity index (χ3n) is 10.6. The topological polar surface area (TPSA) is 141 Å². The summed E-state index contributed by atoms with van der Waals surface area (Å²) in [5, 5.41) is 0.756. The summed E-state index contributed by atoms with van der Waals surface area (Å²) in [5.41, 5.74) is 4.87. The number of fused-ring (bicyclic) bond motifs is 1. The van der Waals surface area contributed by atoms with Crippen LogP contribution in [0.3, 0.4) is 0 Å². The highest BCUT2D eigenvalue weighted by Crippen LogP contribution is 2.47. The molecule has 0 radical (unpaired) electrons. The van der Waals surface area contributed by atoms with Gasteiger partial charge < -0.3 is 42.9 Å². The van der Waals surface area contributed by atoms with Crippen LogP contribution in [0.1, 0.15) is 74.8 Å². The second-order valence-electron chi connectivity index (χ2n) is 15.0. The van der Waals surface area contributed by atoms with Crippen molar-refractivity contribution in [3.05, 3.63) is 143 Å². The van der Waals surface area contributed by atoms with E-state index in [2.05, 4.69) is 4.98 Å². The standard InChI is InChI=1S/C47H51NO11/c1-28-40(52-25-33-17-9-6-10-18-33)44(53-26-34-19-11-7-12-20-34)45(54-27-35-21-13-8-14-22-35)43(56-28)39-38(36-23-15-16-24-37(36)48-39)42-47(59-32(5)51)46(58-31(4)50)41(29(2)55-42)57-30(3)49/h6-24,28-29,40-48H,25-27H2,1-5H3/t28?,29?,40-,41-,42-,43+,44?,45?,46?,47?/m1/s1.